The van der Waals surface area contributed by atoms with Gasteiger partial charge in [-0.1, -0.05) is 12.1 Å². The van der Waals surface area contributed by atoms with Gasteiger partial charge in [0.05, 0.1) is 4.92 Å². The van der Waals surface area contributed by atoms with Crippen molar-refractivity contribution in [1.29, 1.82) is 0 Å². The maximum atomic E-state index is 10.1. The van der Waals surface area contributed by atoms with Crippen LogP contribution in [0.3, 0.4) is 0 Å². The Bertz CT molecular complexity index is 265. The Kier molecular flexibility index (Phi) is 5.56. The number of nitro benzene ring substituents is 1. The van der Waals surface area contributed by atoms with Crippen LogP contribution in [0.2, 0.25) is 0 Å². The van der Waals surface area contributed by atoms with E-state index in [1.54, 1.807) is 0 Å². The van der Waals surface area contributed by atoms with Crippen molar-refractivity contribution < 1.29 is 39.6 Å². The van der Waals surface area contributed by atoms with Crippen molar-refractivity contribution in [2.24, 2.45) is 0 Å². The van der Waals surface area contributed by atoms with Crippen molar-refractivity contribution in [3.05, 3.63) is 34.4 Å². The van der Waals surface area contributed by atoms with E-state index in [2.05, 4.69) is 0 Å². The number of rotatable bonds is 1. The third-order valence-electron chi connectivity index (χ3n) is 1.08. The molecular formula is C6H6HgNO4. The van der Waals surface area contributed by atoms with Gasteiger partial charge in [0.1, 0.15) is 0 Å². The number of hydrogen-bond acceptors (Lipinski definition) is 4. The average Bonchev–Trinajstić information content (AvgIpc) is 2.08. The molecular weight excluding hydrogens is 351 g/mol. The van der Waals surface area contributed by atoms with Crippen LogP contribution in [0.25, 0.3) is 0 Å². The second kappa shape index (κ2) is 5.90. The average molecular weight is 357 g/mol. The van der Waals surface area contributed by atoms with Gasteiger partial charge in [0.25, 0.3) is 0 Å². The number of nitro groups is 1. The number of phenols is 1. The molecule has 0 fully saturated rings. The van der Waals surface area contributed by atoms with Crippen LogP contribution in [0.15, 0.2) is 24.3 Å². The van der Waals surface area contributed by atoms with Crippen molar-refractivity contribution in [3.63, 3.8) is 0 Å². The summed E-state index contributed by atoms with van der Waals surface area (Å²) in [4.78, 5) is 9.44. The minimum atomic E-state index is -0.630. The Hall–Kier alpha value is -0.685. The molecule has 0 spiro atoms. The first-order chi connectivity index (χ1) is 5.72. The first kappa shape index (κ1) is 11.3. The Morgan fingerprint density at radius 3 is 2.17 bits per heavy atom. The van der Waals surface area contributed by atoms with Crippen molar-refractivity contribution in [2.45, 2.75) is 0 Å². The molecule has 12 heavy (non-hydrogen) atoms. The summed E-state index contributed by atoms with van der Waals surface area (Å²) >= 11 is 0.0278. The molecule has 0 aliphatic rings. The van der Waals surface area contributed by atoms with Gasteiger partial charge in [-0.05, 0) is 6.07 Å². The molecule has 0 saturated heterocycles. The molecule has 5 nitrogen and oxygen atoms in total. The molecule has 0 heterocycles. The molecule has 1 rings (SSSR count). The summed E-state index contributed by atoms with van der Waals surface area (Å²) in [5.41, 5.74) is -0.262. The number of phenolic OH excluding ortho intramolecular Hbond substituents is 1. The van der Waals surface area contributed by atoms with Crippen LogP contribution >= 0.6 is 0 Å². The van der Waals surface area contributed by atoms with E-state index in [-0.39, 0.29) is 38.0 Å². The summed E-state index contributed by atoms with van der Waals surface area (Å²) < 4.78 is 7.19. The molecule has 6 heteroatoms. The van der Waals surface area contributed by atoms with Crippen LogP contribution in [0, 0.1) is 10.1 Å². The van der Waals surface area contributed by atoms with Gasteiger partial charge in [-0.2, -0.15) is 0 Å². The van der Waals surface area contributed by atoms with Gasteiger partial charge in [0.15, 0.2) is 5.75 Å². The summed E-state index contributed by atoms with van der Waals surface area (Å²) in [6.07, 6.45) is 0. The van der Waals surface area contributed by atoms with E-state index in [4.69, 9.17) is 8.12 Å². The molecule has 0 atom stereocenters. The number of hydrogen-bond donors (Lipinski definition) is 2. The predicted octanol–water partition coefficient (Wildman–Crippen LogP) is 0.741. The van der Waals surface area contributed by atoms with Gasteiger partial charge in [0.2, 0.25) is 0 Å². The second-order valence-electron chi connectivity index (χ2n) is 1.75. The van der Waals surface area contributed by atoms with E-state index >= 15 is 0 Å². The molecule has 1 aromatic rings. The van der Waals surface area contributed by atoms with Crippen LogP contribution in [-0.2, 0) is 26.6 Å². The number of nitrogens with zero attached hydrogens (tertiary/aromatic N) is 1. The normalized spacial score (nSPS) is 8.25. The van der Waals surface area contributed by atoms with Gasteiger partial charge < -0.3 is 5.11 Å². The van der Waals surface area contributed by atoms with E-state index < -0.39 is 4.92 Å². The Labute approximate surface area is 85.4 Å². The van der Waals surface area contributed by atoms with Gasteiger partial charge in [0, 0.05) is 6.07 Å². The van der Waals surface area contributed by atoms with Gasteiger partial charge in [-0.15, -0.1) is 0 Å². The predicted molar refractivity (Wildman–Crippen MR) is 37.0 cm³/mol. The third kappa shape index (κ3) is 3.14. The van der Waals surface area contributed by atoms with Crippen molar-refractivity contribution >= 4 is 5.69 Å². The minimum absolute atomic E-state index is 0.0278. The van der Waals surface area contributed by atoms with E-state index in [1.165, 1.54) is 24.3 Å². The van der Waals surface area contributed by atoms with Gasteiger partial charge in [-0.3, -0.25) is 10.1 Å². The molecule has 0 aliphatic heterocycles. The SMILES string of the molecule is O=[N+]([O-])c1ccccc1O.[OH][Hg]. The van der Waals surface area contributed by atoms with Gasteiger partial charge >= 0.3 is 35.3 Å². The number of benzene rings is 1. The molecule has 0 bridgehead atoms. The number of aromatic hydroxyl groups is 1. The standard InChI is InChI=1S/C6H5NO3.Hg.H2O/c8-6-4-2-1-3-5(6)7(9)10;;/h1-4,8H;;1H2/q;+1;/p-1. The maximum absolute atomic E-state index is 10.1. The zero-order valence-corrected chi connectivity index (χ0v) is 11.7. The molecule has 2 N–H and O–H groups in total. The summed E-state index contributed by atoms with van der Waals surface area (Å²) in [5, 5.41) is 18.9. The van der Waals surface area contributed by atoms with E-state index in [9.17, 15) is 10.1 Å². The van der Waals surface area contributed by atoms with Crippen LogP contribution in [-0.4, -0.2) is 13.0 Å². The second-order valence-corrected chi connectivity index (χ2v) is 1.75. The van der Waals surface area contributed by atoms with Crippen molar-refractivity contribution in [1.82, 2.24) is 0 Å². The fourth-order valence-corrected chi connectivity index (χ4v) is 0.619. The first-order valence-electron chi connectivity index (χ1n) is 2.96. The summed E-state index contributed by atoms with van der Waals surface area (Å²) in [6, 6.07) is 5.55. The molecule has 0 aromatic heterocycles. The summed E-state index contributed by atoms with van der Waals surface area (Å²) in [6.45, 7) is 0. The zero-order chi connectivity index (χ0) is 9.56. The van der Waals surface area contributed by atoms with Crippen LogP contribution in [0.5, 0.6) is 5.75 Å². The fraction of sp³-hybridized carbons (Fsp3) is 0. The molecule has 0 radical (unpaired) electrons. The fourth-order valence-electron chi connectivity index (χ4n) is 0.619. The molecule has 0 amide bonds. The van der Waals surface area contributed by atoms with E-state index in [0.29, 0.717) is 0 Å². The molecule has 1 aromatic carbocycles. The molecule has 0 unspecified atom stereocenters. The van der Waals surface area contributed by atoms with Crippen LogP contribution in [0.1, 0.15) is 0 Å². The molecule has 0 aliphatic carbocycles. The van der Waals surface area contributed by atoms with Crippen LogP contribution in [0.4, 0.5) is 5.69 Å². The third-order valence-corrected chi connectivity index (χ3v) is 1.08. The van der Waals surface area contributed by atoms with Gasteiger partial charge in [-0.25, -0.2) is 0 Å². The zero-order valence-electron chi connectivity index (χ0n) is 6.17. The van der Waals surface area contributed by atoms with E-state index in [0.717, 1.165) is 0 Å². The summed E-state index contributed by atoms with van der Waals surface area (Å²) in [5.74, 6) is -0.299. The number of para-hydroxylation sites is 2. The van der Waals surface area contributed by atoms with Crippen molar-refractivity contribution in [2.75, 3.05) is 0 Å². The van der Waals surface area contributed by atoms with E-state index in [1.807, 2.05) is 0 Å². The van der Waals surface area contributed by atoms with Crippen LogP contribution < -0.4 is 0 Å². The quantitative estimate of drug-likeness (QED) is 0.442. The summed E-state index contributed by atoms with van der Waals surface area (Å²) in [7, 11) is 0. The Morgan fingerprint density at radius 2 is 1.83 bits per heavy atom. The molecule has 0 saturated carbocycles. The monoisotopic (exact) mass is 358 g/mol. The Morgan fingerprint density at radius 1 is 1.33 bits per heavy atom. The van der Waals surface area contributed by atoms with Crippen molar-refractivity contribution in [3.8, 4) is 5.75 Å². The Balaban J connectivity index is 0.000000561. The topological polar surface area (TPSA) is 83.6 Å². The first-order valence-corrected chi connectivity index (χ1v) is 5.41. The molecule has 61 valence electrons.